The molecule has 0 aromatic heterocycles. The molecule has 1 aliphatic heterocycles. The van der Waals surface area contributed by atoms with E-state index in [1.54, 1.807) is 36.1 Å². The lowest BCUT2D eigenvalue weighted by molar-refractivity contribution is -0.138. The minimum atomic E-state index is -1.08. The van der Waals surface area contributed by atoms with Crippen molar-refractivity contribution in [1.29, 1.82) is 0 Å². The van der Waals surface area contributed by atoms with Crippen molar-refractivity contribution in [3.63, 3.8) is 0 Å². The fraction of sp³-hybridized carbons (Fsp3) is 0.207. The Labute approximate surface area is 224 Å². The summed E-state index contributed by atoms with van der Waals surface area (Å²) in [4.78, 5) is 40.4. The minimum absolute atomic E-state index is 0.0854. The first-order chi connectivity index (χ1) is 18.8. The lowest BCUT2D eigenvalue weighted by Crippen LogP contribution is -2.48. The number of halogens is 2. The number of esters is 1. The van der Waals surface area contributed by atoms with E-state index < -0.39 is 29.7 Å². The van der Waals surface area contributed by atoms with Gasteiger partial charge in [0.2, 0.25) is 0 Å². The average molecular weight is 535 g/mol. The quantitative estimate of drug-likeness (QED) is 0.306. The van der Waals surface area contributed by atoms with Crippen LogP contribution in [0, 0.1) is 11.6 Å². The molecule has 4 amide bonds. The standard InChI is InChI=1S/C29H28F2N4O4/c1-3-16-35-26(19-8-6-5-7-9-19)24(27(36)39-4-2)25(34-29(35)38)18-10-12-20(13-11-18)32-28(37)33-21-14-15-22(30)23(31)17-21/h5-15,17,25H,3-4,16H2,1-2H3,(H,34,38)(H2,32,33,37). The maximum absolute atomic E-state index is 13.4. The van der Waals surface area contributed by atoms with Crippen LogP contribution in [-0.4, -0.2) is 36.1 Å². The van der Waals surface area contributed by atoms with Crippen LogP contribution in [0.15, 0.2) is 78.4 Å². The second-order valence-electron chi connectivity index (χ2n) is 8.71. The minimum Gasteiger partial charge on any atom is -0.463 e. The van der Waals surface area contributed by atoms with Crippen LogP contribution in [0.25, 0.3) is 5.70 Å². The second-order valence-corrected chi connectivity index (χ2v) is 8.71. The fourth-order valence-electron chi connectivity index (χ4n) is 4.30. The van der Waals surface area contributed by atoms with Gasteiger partial charge in [0, 0.05) is 24.0 Å². The molecule has 0 aliphatic carbocycles. The molecular formula is C29H28F2N4O4. The number of amides is 4. The van der Waals surface area contributed by atoms with E-state index in [-0.39, 0.29) is 18.3 Å². The van der Waals surface area contributed by atoms with Gasteiger partial charge in [-0.3, -0.25) is 4.90 Å². The van der Waals surface area contributed by atoms with E-state index in [0.29, 0.717) is 41.1 Å². The number of hydrogen-bond acceptors (Lipinski definition) is 4. The summed E-state index contributed by atoms with van der Waals surface area (Å²) in [5, 5.41) is 7.96. The number of nitrogens with one attached hydrogen (secondary N) is 3. The number of ether oxygens (including phenoxy) is 1. The van der Waals surface area contributed by atoms with Crippen LogP contribution >= 0.6 is 0 Å². The summed E-state index contributed by atoms with van der Waals surface area (Å²) in [6.07, 6.45) is 0.678. The first kappa shape index (κ1) is 27.3. The van der Waals surface area contributed by atoms with E-state index in [1.165, 1.54) is 6.07 Å². The maximum Gasteiger partial charge on any atom is 0.338 e. The van der Waals surface area contributed by atoms with Crippen LogP contribution in [0.5, 0.6) is 0 Å². The molecule has 3 aromatic carbocycles. The maximum atomic E-state index is 13.4. The Morgan fingerprint density at radius 3 is 2.23 bits per heavy atom. The highest BCUT2D eigenvalue weighted by Gasteiger charge is 2.38. The van der Waals surface area contributed by atoms with Crippen molar-refractivity contribution < 1.29 is 27.9 Å². The highest BCUT2D eigenvalue weighted by molar-refractivity contribution is 6.05. The van der Waals surface area contributed by atoms with E-state index in [9.17, 15) is 23.2 Å². The molecule has 0 saturated heterocycles. The smallest absolute Gasteiger partial charge is 0.338 e. The van der Waals surface area contributed by atoms with Crippen molar-refractivity contribution >= 4 is 35.1 Å². The van der Waals surface area contributed by atoms with E-state index in [1.807, 2.05) is 37.3 Å². The topological polar surface area (TPSA) is 99.8 Å². The molecule has 8 nitrogen and oxygen atoms in total. The van der Waals surface area contributed by atoms with Crippen molar-refractivity contribution in [1.82, 2.24) is 10.2 Å². The number of anilines is 2. The first-order valence-corrected chi connectivity index (χ1v) is 12.5. The van der Waals surface area contributed by atoms with Crippen molar-refractivity contribution in [3.8, 4) is 0 Å². The summed E-state index contributed by atoms with van der Waals surface area (Å²) in [7, 11) is 0. The number of benzene rings is 3. The zero-order chi connectivity index (χ0) is 27.9. The number of nitrogens with zero attached hydrogens (tertiary/aromatic N) is 1. The third-order valence-electron chi connectivity index (χ3n) is 6.00. The molecular weight excluding hydrogens is 506 g/mol. The normalized spacial score (nSPS) is 15.0. The van der Waals surface area contributed by atoms with Gasteiger partial charge in [-0.25, -0.2) is 23.2 Å². The molecule has 1 unspecified atom stereocenters. The number of urea groups is 2. The second kappa shape index (κ2) is 12.2. The molecule has 1 atom stereocenters. The predicted molar refractivity (Wildman–Crippen MR) is 144 cm³/mol. The van der Waals surface area contributed by atoms with E-state index in [0.717, 1.165) is 12.1 Å². The fourth-order valence-corrected chi connectivity index (χ4v) is 4.30. The molecule has 0 saturated carbocycles. The van der Waals surface area contributed by atoms with Gasteiger partial charge >= 0.3 is 18.0 Å². The monoisotopic (exact) mass is 534 g/mol. The number of hydrogen-bond donors (Lipinski definition) is 3. The molecule has 1 heterocycles. The molecule has 0 fully saturated rings. The van der Waals surface area contributed by atoms with Gasteiger partial charge in [0.15, 0.2) is 11.6 Å². The van der Waals surface area contributed by atoms with Gasteiger partial charge in [0.1, 0.15) is 0 Å². The molecule has 4 rings (SSSR count). The van der Waals surface area contributed by atoms with Crippen molar-refractivity contribution in [2.24, 2.45) is 0 Å². The molecule has 0 bridgehead atoms. The Morgan fingerprint density at radius 1 is 0.923 bits per heavy atom. The van der Waals surface area contributed by atoms with Crippen molar-refractivity contribution in [2.45, 2.75) is 26.3 Å². The Morgan fingerprint density at radius 2 is 1.59 bits per heavy atom. The van der Waals surface area contributed by atoms with Gasteiger partial charge < -0.3 is 20.7 Å². The van der Waals surface area contributed by atoms with Gasteiger partial charge in [-0.1, -0.05) is 49.4 Å². The number of carbonyl (C=O) groups excluding carboxylic acids is 3. The lowest BCUT2D eigenvalue weighted by Gasteiger charge is -2.36. The highest BCUT2D eigenvalue weighted by atomic mass is 19.2. The Bertz CT molecular complexity index is 1390. The van der Waals surface area contributed by atoms with Crippen LogP contribution in [0.2, 0.25) is 0 Å². The molecule has 39 heavy (non-hydrogen) atoms. The predicted octanol–water partition coefficient (Wildman–Crippen LogP) is 6.06. The van der Waals surface area contributed by atoms with Crippen molar-refractivity contribution in [2.75, 3.05) is 23.8 Å². The summed E-state index contributed by atoms with van der Waals surface area (Å²) in [6, 6.07) is 17.0. The van der Waals surface area contributed by atoms with Crippen LogP contribution in [-0.2, 0) is 9.53 Å². The average Bonchev–Trinajstić information content (AvgIpc) is 2.92. The first-order valence-electron chi connectivity index (χ1n) is 12.5. The molecule has 0 spiro atoms. The van der Waals surface area contributed by atoms with Crippen LogP contribution in [0.3, 0.4) is 0 Å². The third-order valence-corrected chi connectivity index (χ3v) is 6.00. The van der Waals surface area contributed by atoms with Gasteiger partial charge in [0.05, 0.1) is 23.9 Å². The van der Waals surface area contributed by atoms with Crippen LogP contribution in [0.1, 0.15) is 37.4 Å². The third kappa shape index (κ3) is 6.23. The summed E-state index contributed by atoms with van der Waals surface area (Å²) < 4.78 is 32.0. The zero-order valence-electron chi connectivity index (χ0n) is 21.5. The van der Waals surface area contributed by atoms with E-state index in [4.69, 9.17) is 4.74 Å². The summed E-state index contributed by atoms with van der Waals surface area (Å²) in [5.41, 5.74) is 2.58. The lowest BCUT2D eigenvalue weighted by atomic mass is 9.91. The van der Waals surface area contributed by atoms with Crippen LogP contribution < -0.4 is 16.0 Å². The molecule has 1 aliphatic rings. The van der Waals surface area contributed by atoms with Gasteiger partial charge in [-0.2, -0.15) is 0 Å². The molecule has 10 heteroatoms. The number of carbonyl (C=O) groups is 3. The van der Waals surface area contributed by atoms with E-state index >= 15 is 0 Å². The van der Waals surface area contributed by atoms with Crippen molar-refractivity contribution in [3.05, 3.63) is 101 Å². The summed E-state index contributed by atoms with van der Waals surface area (Å²) >= 11 is 0. The van der Waals surface area contributed by atoms with E-state index in [2.05, 4.69) is 16.0 Å². The van der Waals surface area contributed by atoms with Crippen LogP contribution in [0.4, 0.5) is 29.7 Å². The van der Waals surface area contributed by atoms with Gasteiger partial charge in [-0.05, 0) is 48.7 Å². The van der Waals surface area contributed by atoms with Gasteiger partial charge in [-0.15, -0.1) is 0 Å². The summed E-state index contributed by atoms with van der Waals surface area (Å²) in [5.74, 6) is -2.64. The molecule has 3 aromatic rings. The Kier molecular flexibility index (Phi) is 8.55. The number of rotatable bonds is 8. The Hall–Kier alpha value is -4.73. The highest BCUT2D eigenvalue weighted by Crippen LogP contribution is 2.37. The molecule has 3 N–H and O–H groups in total. The summed E-state index contributed by atoms with van der Waals surface area (Å²) in [6.45, 7) is 4.23. The largest absolute Gasteiger partial charge is 0.463 e. The Balaban J connectivity index is 1.64. The molecule has 202 valence electrons. The SMILES string of the molecule is CCCN1C(=O)NC(c2ccc(NC(=O)Nc3ccc(F)c(F)c3)cc2)C(C(=O)OCC)=C1c1ccccc1. The molecule has 0 radical (unpaired) electrons. The zero-order valence-corrected chi connectivity index (χ0v) is 21.5. The van der Waals surface area contributed by atoms with Gasteiger partial charge in [0.25, 0.3) is 0 Å².